The monoisotopic (exact) mass is 254 g/mol. The van der Waals surface area contributed by atoms with Gasteiger partial charge < -0.3 is 13.3 Å². The van der Waals surface area contributed by atoms with E-state index in [-0.39, 0.29) is 0 Å². The summed E-state index contributed by atoms with van der Waals surface area (Å²) in [6.07, 6.45) is 3.40. The van der Waals surface area contributed by atoms with E-state index in [1.807, 2.05) is 30.3 Å². The second-order valence-electron chi connectivity index (χ2n) is 3.89. The number of rotatable bonds is 8. The average molecular weight is 254 g/mol. The minimum atomic E-state index is -2.67. The lowest BCUT2D eigenvalue weighted by Gasteiger charge is -2.26. The van der Waals surface area contributed by atoms with Crippen LogP contribution >= 0.6 is 0 Å². The molecule has 4 heteroatoms. The van der Waals surface area contributed by atoms with Gasteiger partial charge in [-0.3, -0.25) is 0 Å². The van der Waals surface area contributed by atoms with Crippen LogP contribution in [0.25, 0.3) is 0 Å². The van der Waals surface area contributed by atoms with Crippen molar-refractivity contribution in [3.63, 3.8) is 0 Å². The van der Waals surface area contributed by atoms with Crippen molar-refractivity contribution in [3.05, 3.63) is 30.3 Å². The van der Waals surface area contributed by atoms with E-state index in [0.717, 1.165) is 11.6 Å². The second-order valence-corrected chi connectivity index (χ2v) is 6.68. The van der Waals surface area contributed by atoms with Gasteiger partial charge >= 0.3 is 8.80 Å². The molecule has 0 unspecified atom stereocenters. The lowest BCUT2D eigenvalue weighted by atomic mass is 10.3. The van der Waals surface area contributed by atoms with Crippen LogP contribution in [-0.4, -0.2) is 29.6 Å². The first-order valence-electron chi connectivity index (χ1n) is 6.09. The molecule has 1 rings (SSSR count). The Labute approximate surface area is 105 Å². The van der Waals surface area contributed by atoms with Crippen LogP contribution in [-0.2, 0) is 13.3 Å². The van der Waals surface area contributed by atoms with Gasteiger partial charge in [0.05, 0.1) is 0 Å². The van der Waals surface area contributed by atoms with Gasteiger partial charge in [0, 0.05) is 26.0 Å². The van der Waals surface area contributed by atoms with E-state index in [9.17, 15) is 0 Å². The maximum atomic E-state index is 5.91. The zero-order valence-electron chi connectivity index (χ0n) is 10.9. The molecule has 0 aliphatic heterocycles. The molecule has 0 saturated heterocycles. The van der Waals surface area contributed by atoms with Crippen LogP contribution in [0.4, 0.5) is 0 Å². The van der Waals surface area contributed by atoms with Crippen LogP contribution in [0.15, 0.2) is 30.3 Å². The minimum Gasteiger partial charge on any atom is -0.373 e. The summed E-state index contributed by atoms with van der Waals surface area (Å²) < 4.78 is 17.0. The number of benzene rings is 1. The molecular weight excluding hydrogens is 232 g/mol. The molecule has 0 saturated carbocycles. The molecule has 1 aromatic carbocycles. The largest absolute Gasteiger partial charge is 0.536 e. The van der Waals surface area contributed by atoms with E-state index < -0.39 is 8.80 Å². The Bertz CT molecular complexity index is 299. The highest BCUT2D eigenvalue weighted by atomic mass is 28.4. The van der Waals surface area contributed by atoms with Gasteiger partial charge in [0.1, 0.15) is 0 Å². The van der Waals surface area contributed by atoms with E-state index in [2.05, 4.69) is 6.92 Å². The Morgan fingerprint density at radius 1 is 1.00 bits per heavy atom. The summed E-state index contributed by atoms with van der Waals surface area (Å²) in [6, 6.07) is 9.93. The van der Waals surface area contributed by atoms with Gasteiger partial charge in [0.15, 0.2) is 0 Å². The number of hydrogen-bond acceptors (Lipinski definition) is 3. The van der Waals surface area contributed by atoms with Crippen LogP contribution in [0.5, 0.6) is 0 Å². The van der Waals surface area contributed by atoms with Gasteiger partial charge in [0.25, 0.3) is 0 Å². The smallest absolute Gasteiger partial charge is 0.373 e. The molecule has 0 atom stereocenters. The summed E-state index contributed by atoms with van der Waals surface area (Å²) >= 11 is 0. The summed E-state index contributed by atoms with van der Waals surface area (Å²) in [7, 11) is 0.641. The third kappa shape index (κ3) is 3.92. The standard InChI is InChI=1S/C13H22O3Si/c1-4-5-9-12-16-17(14-2,15-3)13-10-7-6-8-11-13/h6-8,10-11H,4-5,9,12H2,1-3H3. The topological polar surface area (TPSA) is 27.7 Å². The van der Waals surface area contributed by atoms with Gasteiger partial charge in [0.2, 0.25) is 0 Å². The fourth-order valence-electron chi connectivity index (χ4n) is 1.72. The highest BCUT2D eigenvalue weighted by molar-refractivity contribution is 6.75. The normalized spacial score (nSPS) is 11.7. The van der Waals surface area contributed by atoms with Crippen molar-refractivity contribution < 1.29 is 13.3 Å². The van der Waals surface area contributed by atoms with Gasteiger partial charge in [-0.15, -0.1) is 0 Å². The van der Waals surface area contributed by atoms with E-state index in [1.165, 1.54) is 12.8 Å². The van der Waals surface area contributed by atoms with Crippen molar-refractivity contribution in [2.45, 2.75) is 26.2 Å². The maximum Gasteiger partial charge on any atom is 0.536 e. The number of hydrogen-bond donors (Lipinski definition) is 0. The van der Waals surface area contributed by atoms with Crippen LogP contribution in [0.2, 0.25) is 0 Å². The first kappa shape index (κ1) is 14.4. The zero-order valence-corrected chi connectivity index (χ0v) is 11.9. The molecule has 0 bridgehead atoms. The van der Waals surface area contributed by atoms with E-state index in [0.29, 0.717) is 6.61 Å². The Morgan fingerprint density at radius 3 is 2.18 bits per heavy atom. The van der Waals surface area contributed by atoms with E-state index in [4.69, 9.17) is 13.3 Å². The number of unbranched alkanes of at least 4 members (excludes halogenated alkanes) is 2. The maximum absolute atomic E-state index is 5.91. The Balaban J connectivity index is 2.68. The molecular formula is C13H22O3Si. The third-order valence-electron chi connectivity index (χ3n) is 2.70. The fraction of sp³-hybridized carbons (Fsp3) is 0.538. The molecule has 0 heterocycles. The van der Waals surface area contributed by atoms with Crippen LogP contribution < -0.4 is 5.19 Å². The summed E-state index contributed by atoms with van der Waals surface area (Å²) in [6.45, 7) is 2.87. The molecule has 1 aromatic rings. The molecule has 17 heavy (non-hydrogen) atoms. The molecule has 96 valence electrons. The summed E-state index contributed by atoms with van der Waals surface area (Å²) in [5, 5.41) is 1.02. The molecule has 0 spiro atoms. The molecule has 0 amide bonds. The van der Waals surface area contributed by atoms with Crippen molar-refractivity contribution in [3.8, 4) is 0 Å². The Kier molecular flexibility index (Phi) is 6.43. The highest BCUT2D eigenvalue weighted by Crippen LogP contribution is 2.09. The van der Waals surface area contributed by atoms with Crippen molar-refractivity contribution in [1.29, 1.82) is 0 Å². The molecule has 3 nitrogen and oxygen atoms in total. The first-order chi connectivity index (χ1) is 8.29. The lowest BCUT2D eigenvalue weighted by molar-refractivity contribution is 0.112. The van der Waals surface area contributed by atoms with Crippen LogP contribution in [0.1, 0.15) is 26.2 Å². The van der Waals surface area contributed by atoms with Gasteiger partial charge in [-0.1, -0.05) is 50.1 Å². The molecule has 0 aromatic heterocycles. The van der Waals surface area contributed by atoms with Gasteiger partial charge in [-0.25, -0.2) is 0 Å². The lowest BCUT2D eigenvalue weighted by Crippen LogP contribution is -2.55. The summed E-state index contributed by atoms with van der Waals surface area (Å²) in [5.74, 6) is 0. The van der Waals surface area contributed by atoms with Crippen molar-refractivity contribution in [2.24, 2.45) is 0 Å². The quantitative estimate of drug-likeness (QED) is 0.526. The second kappa shape index (κ2) is 7.61. The van der Waals surface area contributed by atoms with Crippen LogP contribution in [0, 0.1) is 0 Å². The molecule has 0 fully saturated rings. The van der Waals surface area contributed by atoms with E-state index >= 15 is 0 Å². The van der Waals surface area contributed by atoms with Crippen LogP contribution in [0.3, 0.4) is 0 Å². The van der Waals surface area contributed by atoms with Gasteiger partial charge in [-0.2, -0.15) is 0 Å². The van der Waals surface area contributed by atoms with Crippen molar-refractivity contribution in [1.82, 2.24) is 0 Å². The molecule has 0 aliphatic carbocycles. The fourth-order valence-corrected chi connectivity index (χ4v) is 3.78. The predicted molar refractivity (Wildman–Crippen MR) is 71.3 cm³/mol. The minimum absolute atomic E-state index is 0.691. The SMILES string of the molecule is CCCCCO[Si](OC)(OC)c1ccccc1. The average Bonchev–Trinajstić information content (AvgIpc) is 2.41. The van der Waals surface area contributed by atoms with Crippen molar-refractivity contribution >= 4 is 14.0 Å². The summed E-state index contributed by atoms with van der Waals surface area (Å²) in [5.41, 5.74) is 0. The van der Waals surface area contributed by atoms with Crippen molar-refractivity contribution in [2.75, 3.05) is 20.8 Å². The summed E-state index contributed by atoms with van der Waals surface area (Å²) in [4.78, 5) is 0. The zero-order chi connectivity index (χ0) is 12.6. The third-order valence-corrected chi connectivity index (χ3v) is 5.40. The Morgan fingerprint density at radius 2 is 1.65 bits per heavy atom. The predicted octanol–water partition coefficient (Wildman–Crippen LogP) is 2.33. The molecule has 0 radical (unpaired) electrons. The van der Waals surface area contributed by atoms with E-state index in [1.54, 1.807) is 14.2 Å². The highest BCUT2D eigenvalue weighted by Gasteiger charge is 2.41. The van der Waals surface area contributed by atoms with Gasteiger partial charge in [-0.05, 0) is 6.42 Å². The first-order valence-corrected chi connectivity index (χ1v) is 7.81. The Hall–Kier alpha value is -0.683. The molecule has 0 N–H and O–H groups in total. The molecule has 0 aliphatic rings.